The number of aromatic nitrogens is 2. The Hall–Kier alpha value is -1.65. The minimum atomic E-state index is -0.961. The Morgan fingerprint density at radius 1 is 1.20 bits per heavy atom. The zero-order valence-corrected chi connectivity index (χ0v) is 13.0. The molecular weight excluding hydrogens is 254 g/mol. The van der Waals surface area contributed by atoms with Gasteiger partial charge in [-0.2, -0.15) is 5.10 Å². The summed E-state index contributed by atoms with van der Waals surface area (Å²) < 4.78 is 0. The summed E-state index contributed by atoms with van der Waals surface area (Å²) in [6.45, 7) is 9.99. The average Bonchev–Trinajstić information content (AvgIpc) is 2.33. The van der Waals surface area contributed by atoms with Gasteiger partial charge in [-0.05, 0) is 38.7 Å². The SMILES string of the molecule is Cc1nnc(NC(C)CCCC(C)C)c(C(=O)O)c1C. The van der Waals surface area contributed by atoms with Gasteiger partial charge in [-0.25, -0.2) is 4.79 Å². The summed E-state index contributed by atoms with van der Waals surface area (Å²) in [4.78, 5) is 11.4. The molecule has 0 amide bonds. The molecule has 112 valence electrons. The van der Waals surface area contributed by atoms with Gasteiger partial charge in [0.1, 0.15) is 5.56 Å². The third-order valence-corrected chi connectivity index (χ3v) is 3.47. The molecule has 1 rings (SSSR count). The predicted molar refractivity (Wildman–Crippen MR) is 80.2 cm³/mol. The second-order valence-electron chi connectivity index (χ2n) is 5.81. The number of rotatable bonds is 7. The van der Waals surface area contributed by atoms with Gasteiger partial charge in [0.15, 0.2) is 5.82 Å². The van der Waals surface area contributed by atoms with Crippen molar-refractivity contribution in [1.82, 2.24) is 10.2 Å². The lowest BCUT2D eigenvalue weighted by molar-refractivity contribution is 0.0696. The molecule has 20 heavy (non-hydrogen) atoms. The van der Waals surface area contributed by atoms with E-state index in [0.29, 0.717) is 23.0 Å². The van der Waals surface area contributed by atoms with E-state index in [0.717, 1.165) is 12.8 Å². The zero-order chi connectivity index (χ0) is 15.3. The monoisotopic (exact) mass is 279 g/mol. The number of carbonyl (C=O) groups is 1. The quantitative estimate of drug-likeness (QED) is 0.800. The van der Waals surface area contributed by atoms with Gasteiger partial charge in [0.25, 0.3) is 0 Å². The Morgan fingerprint density at radius 3 is 2.40 bits per heavy atom. The standard InChI is InChI=1S/C15H25N3O2/c1-9(2)7-6-8-10(3)16-14-13(15(19)20)11(4)12(5)17-18-14/h9-10H,6-8H2,1-5H3,(H,16,18)(H,19,20). The Morgan fingerprint density at radius 2 is 1.85 bits per heavy atom. The Labute approximate surface area is 120 Å². The van der Waals surface area contributed by atoms with E-state index in [1.54, 1.807) is 13.8 Å². The van der Waals surface area contributed by atoms with E-state index in [4.69, 9.17) is 0 Å². The molecule has 1 unspecified atom stereocenters. The summed E-state index contributed by atoms with van der Waals surface area (Å²) >= 11 is 0. The van der Waals surface area contributed by atoms with Gasteiger partial charge in [-0.15, -0.1) is 5.10 Å². The number of hydrogen-bond acceptors (Lipinski definition) is 4. The van der Waals surface area contributed by atoms with Crippen LogP contribution in [0, 0.1) is 19.8 Å². The number of anilines is 1. The molecule has 0 radical (unpaired) electrons. The van der Waals surface area contributed by atoms with Crippen molar-refractivity contribution in [2.75, 3.05) is 5.32 Å². The summed E-state index contributed by atoms with van der Waals surface area (Å²) in [5.41, 5.74) is 1.55. The van der Waals surface area contributed by atoms with Crippen LogP contribution in [-0.4, -0.2) is 27.3 Å². The third-order valence-electron chi connectivity index (χ3n) is 3.47. The first-order valence-corrected chi connectivity index (χ1v) is 7.16. The zero-order valence-electron chi connectivity index (χ0n) is 13.0. The number of aromatic carboxylic acids is 1. The molecule has 0 aliphatic rings. The van der Waals surface area contributed by atoms with Crippen molar-refractivity contribution in [3.05, 3.63) is 16.8 Å². The lowest BCUT2D eigenvalue weighted by Gasteiger charge is -2.17. The molecule has 0 bridgehead atoms. The summed E-state index contributed by atoms with van der Waals surface area (Å²) in [7, 11) is 0. The first-order valence-electron chi connectivity index (χ1n) is 7.16. The Balaban J connectivity index is 2.77. The van der Waals surface area contributed by atoms with Crippen LogP contribution >= 0.6 is 0 Å². The molecule has 0 saturated heterocycles. The minimum absolute atomic E-state index is 0.184. The second-order valence-corrected chi connectivity index (χ2v) is 5.81. The molecule has 0 fully saturated rings. The number of carboxylic acids is 1. The van der Waals surface area contributed by atoms with Crippen LogP contribution in [0.15, 0.2) is 0 Å². The lowest BCUT2D eigenvalue weighted by atomic mass is 10.0. The van der Waals surface area contributed by atoms with Gasteiger partial charge in [0.2, 0.25) is 0 Å². The summed E-state index contributed by atoms with van der Waals surface area (Å²) in [6.07, 6.45) is 3.29. The Kier molecular flexibility index (Phi) is 5.92. The van der Waals surface area contributed by atoms with Gasteiger partial charge in [0, 0.05) is 6.04 Å². The van der Waals surface area contributed by atoms with Crippen molar-refractivity contribution >= 4 is 11.8 Å². The van der Waals surface area contributed by atoms with Crippen LogP contribution in [0.3, 0.4) is 0 Å². The fraction of sp³-hybridized carbons (Fsp3) is 0.667. The van der Waals surface area contributed by atoms with Gasteiger partial charge < -0.3 is 10.4 Å². The average molecular weight is 279 g/mol. The van der Waals surface area contributed by atoms with Crippen LogP contribution in [0.1, 0.15) is 61.6 Å². The number of nitrogens with zero attached hydrogens (tertiary/aromatic N) is 2. The summed E-state index contributed by atoms with van der Waals surface area (Å²) in [5.74, 6) is 0.105. The summed E-state index contributed by atoms with van der Waals surface area (Å²) in [5, 5.41) is 20.5. The van der Waals surface area contributed by atoms with Crippen LogP contribution in [0.2, 0.25) is 0 Å². The largest absolute Gasteiger partial charge is 0.478 e. The molecule has 0 spiro atoms. The molecule has 1 aromatic rings. The van der Waals surface area contributed by atoms with E-state index in [2.05, 4.69) is 29.4 Å². The number of nitrogens with one attached hydrogen (secondary N) is 1. The first kappa shape index (κ1) is 16.4. The van der Waals surface area contributed by atoms with Crippen LogP contribution in [0.4, 0.5) is 5.82 Å². The van der Waals surface area contributed by atoms with E-state index in [1.165, 1.54) is 6.42 Å². The van der Waals surface area contributed by atoms with E-state index < -0.39 is 5.97 Å². The van der Waals surface area contributed by atoms with Gasteiger partial charge >= 0.3 is 5.97 Å². The Bertz CT molecular complexity index is 472. The van der Waals surface area contributed by atoms with Crippen molar-refractivity contribution in [2.24, 2.45) is 5.92 Å². The van der Waals surface area contributed by atoms with Crippen molar-refractivity contribution in [2.45, 2.75) is 59.9 Å². The maximum absolute atomic E-state index is 11.4. The predicted octanol–water partition coefficient (Wildman–Crippen LogP) is 3.42. The molecule has 1 atom stereocenters. The van der Waals surface area contributed by atoms with E-state index >= 15 is 0 Å². The molecule has 0 aromatic carbocycles. The molecule has 5 nitrogen and oxygen atoms in total. The number of hydrogen-bond donors (Lipinski definition) is 2. The van der Waals surface area contributed by atoms with Crippen molar-refractivity contribution in [1.29, 1.82) is 0 Å². The van der Waals surface area contributed by atoms with Gasteiger partial charge in [-0.3, -0.25) is 0 Å². The molecular formula is C15H25N3O2. The summed E-state index contributed by atoms with van der Waals surface area (Å²) in [6, 6.07) is 0.184. The fourth-order valence-corrected chi connectivity index (χ4v) is 2.11. The molecule has 5 heteroatoms. The molecule has 0 aliphatic heterocycles. The minimum Gasteiger partial charge on any atom is -0.478 e. The first-order chi connectivity index (χ1) is 9.32. The molecule has 0 saturated carbocycles. The third kappa shape index (κ3) is 4.47. The topological polar surface area (TPSA) is 75.1 Å². The van der Waals surface area contributed by atoms with Crippen molar-refractivity contribution in [3.63, 3.8) is 0 Å². The molecule has 1 aromatic heterocycles. The van der Waals surface area contributed by atoms with Gasteiger partial charge in [0.05, 0.1) is 5.69 Å². The van der Waals surface area contributed by atoms with Crippen LogP contribution in [-0.2, 0) is 0 Å². The highest BCUT2D eigenvalue weighted by Gasteiger charge is 2.18. The highest BCUT2D eigenvalue weighted by Crippen LogP contribution is 2.20. The molecule has 1 heterocycles. The van der Waals surface area contributed by atoms with E-state index in [9.17, 15) is 9.90 Å². The highest BCUT2D eigenvalue weighted by molar-refractivity contribution is 5.94. The second kappa shape index (κ2) is 7.22. The number of aryl methyl sites for hydroxylation is 1. The maximum Gasteiger partial charge on any atom is 0.339 e. The fourth-order valence-electron chi connectivity index (χ4n) is 2.11. The van der Waals surface area contributed by atoms with E-state index in [-0.39, 0.29) is 11.6 Å². The number of carboxylic acid groups (broad SMARTS) is 1. The lowest BCUT2D eigenvalue weighted by Crippen LogP contribution is -2.20. The maximum atomic E-state index is 11.4. The highest BCUT2D eigenvalue weighted by atomic mass is 16.4. The van der Waals surface area contributed by atoms with Crippen LogP contribution < -0.4 is 5.32 Å². The van der Waals surface area contributed by atoms with Crippen molar-refractivity contribution in [3.8, 4) is 0 Å². The van der Waals surface area contributed by atoms with Crippen LogP contribution in [0.25, 0.3) is 0 Å². The van der Waals surface area contributed by atoms with Crippen LogP contribution in [0.5, 0.6) is 0 Å². The van der Waals surface area contributed by atoms with Gasteiger partial charge in [-0.1, -0.05) is 26.7 Å². The molecule has 0 aliphatic carbocycles. The van der Waals surface area contributed by atoms with Crippen molar-refractivity contribution < 1.29 is 9.90 Å². The smallest absolute Gasteiger partial charge is 0.339 e. The van der Waals surface area contributed by atoms with E-state index in [1.807, 2.05) is 6.92 Å². The molecule has 2 N–H and O–H groups in total. The normalized spacial score (nSPS) is 12.5.